The first-order valence-corrected chi connectivity index (χ1v) is 6.39. The predicted octanol–water partition coefficient (Wildman–Crippen LogP) is 3.76. The Kier molecular flexibility index (Phi) is 3.41. The highest BCUT2D eigenvalue weighted by Crippen LogP contribution is 2.33. The maximum absolute atomic E-state index is 11.3. The van der Waals surface area contributed by atoms with Crippen molar-refractivity contribution in [3.05, 3.63) is 44.3 Å². The van der Waals surface area contributed by atoms with E-state index in [1.54, 1.807) is 24.3 Å². The average molecular weight is 374 g/mol. The van der Waals surface area contributed by atoms with Gasteiger partial charge in [-0.15, -0.1) is 0 Å². The molecule has 0 spiro atoms. The lowest BCUT2D eigenvalue weighted by Gasteiger charge is -2.10. The minimum atomic E-state index is -1.28. The molecule has 2 aromatic rings. The number of hydrogen-bond acceptors (Lipinski definition) is 2. The highest BCUT2D eigenvalue weighted by Gasteiger charge is 2.23. The van der Waals surface area contributed by atoms with Crippen LogP contribution < -0.4 is 0 Å². The second kappa shape index (κ2) is 4.70. The zero-order valence-corrected chi connectivity index (χ0v) is 11.9. The smallest absolute Gasteiger partial charge is 0.337 e. The molecule has 2 rings (SSSR count). The largest absolute Gasteiger partial charge is 0.478 e. The van der Waals surface area contributed by atoms with Crippen LogP contribution in [0.25, 0.3) is 10.8 Å². The Labute approximate surface area is 118 Å². The Morgan fingerprint density at radius 2 is 1.50 bits per heavy atom. The van der Waals surface area contributed by atoms with Crippen LogP contribution >= 0.6 is 31.9 Å². The number of rotatable bonds is 2. The molecule has 0 amide bonds. The summed E-state index contributed by atoms with van der Waals surface area (Å²) in [4.78, 5) is 22.5. The summed E-state index contributed by atoms with van der Waals surface area (Å²) in [6.45, 7) is 0. The van der Waals surface area contributed by atoms with Crippen LogP contribution in [0.2, 0.25) is 0 Å². The van der Waals surface area contributed by atoms with Crippen LogP contribution in [0.15, 0.2) is 33.2 Å². The number of carboxylic acid groups (broad SMARTS) is 2. The van der Waals surface area contributed by atoms with Crippen molar-refractivity contribution in [2.45, 2.75) is 0 Å². The fraction of sp³-hybridized carbons (Fsp3) is 0. The van der Waals surface area contributed by atoms with Crippen LogP contribution in [-0.2, 0) is 0 Å². The molecule has 0 aliphatic carbocycles. The maximum Gasteiger partial charge on any atom is 0.337 e. The molecule has 0 heterocycles. The summed E-state index contributed by atoms with van der Waals surface area (Å²) in [7, 11) is 0. The van der Waals surface area contributed by atoms with Gasteiger partial charge in [-0.25, -0.2) is 9.59 Å². The molecule has 2 aromatic carbocycles. The number of hydrogen-bond donors (Lipinski definition) is 2. The van der Waals surface area contributed by atoms with Gasteiger partial charge in [0, 0.05) is 8.95 Å². The highest BCUT2D eigenvalue weighted by molar-refractivity contribution is 9.11. The molecular weight excluding hydrogens is 368 g/mol. The van der Waals surface area contributed by atoms with E-state index in [-0.39, 0.29) is 15.6 Å². The molecule has 0 fully saturated rings. The van der Waals surface area contributed by atoms with Gasteiger partial charge in [0.15, 0.2) is 0 Å². The Hall–Kier alpha value is -1.40. The third-order valence-corrected chi connectivity index (χ3v) is 3.83. The summed E-state index contributed by atoms with van der Waals surface area (Å²) in [6, 6.07) is 6.61. The number of fused-ring (bicyclic) bond motifs is 1. The predicted molar refractivity (Wildman–Crippen MR) is 73.3 cm³/mol. The van der Waals surface area contributed by atoms with Crippen molar-refractivity contribution < 1.29 is 19.8 Å². The topological polar surface area (TPSA) is 74.6 Å². The number of halogens is 2. The molecule has 0 atom stereocenters. The fourth-order valence-electron chi connectivity index (χ4n) is 1.79. The van der Waals surface area contributed by atoms with E-state index in [0.29, 0.717) is 15.2 Å². The molecule has 0 bridgehead atoms. The van der Waals surface area contributed by atoms with Gasteiger partial charge in [-0.05, 0) is 38.8 Å². The van der Waals surface area contributed by atoms with Gasteiger partial charge in [-0.2, -0.15) is 0 Å². The molecule has 18 heavy (non-hydrogen) atoms. The van der Waals surface area contributed by atoms with Gasteiger partial charge in [0.1, 0.15) is 0 Å². The summed E-state index contributed by atoms with van der Waals surface area (Å²) >= 11 is 6.42. The van der Waals surface area contributed by atoms with E-state index < -0.39 is 11.9 Å². The van der Waals surface area contributed by atoms with Gasteiger partial charge in [-0.3, -0.25) is 0 Å². The summed E-state index contributed by atoms with van der Waals surface area (Å²) < 4.78 is 0.951. The minimum Gasteiger partial charge on any atom is -0.478 e. The molecule has 4 nitrogen and oxygen atoms in total. The van der Waals surface area contributed by atoms with E-state index in [0.717, 1.165) is 0 Å². The van der Waals surface area contributed by atoms with Crippen molar-refractivity contribution in [3.63, 3.8) is 0 Å². The standard InChI is InChI=1S/C12H6Br2O4/c13-7-3-1-2-5-6(7)4-8(14)10(12(17)18)9(5)11(15)16/h1-4H,(H,15,16)(H,17,18). The van der Waals surface area contributed by atoms with Crippen LogP contribution in [0.3, 0.4) is 0 Å². The first kappa shape index (κ1) is 13.0. The summed E-state index contributed by atoms with van der Waals surface area (Å²) in [5, 5.41) is 19.4. The number of benzene rings is 2. The molecule has 0 saturated carbocycles. The number of aromatic carboxylic acids is 2. The summed E-state index contributed by atoms with van der Waals surface area (Å²) in [5.41, 5.74) is -0.457. The highest BCUT2D eigenvalue weighted by atomic mass is 79.9. The second-order valence-corrected chi connectivity index (χ2v) is 5.26. The van der Waals surface area contributed by atoms with Crippen molar-refractivity contribution in [2.24, 2.45) is 0 Å². The molecule has 0 radical (unpaired) electrons. The third kappa shape index (κ3) is 2.02. The van der Waals surface area contributed by atoms with E-state index >= 15 is 0 Å². The monoisotopic (exact) mass is 372 g/mol. The molecule has 0 aliphatic heterocycles. The van der Waals surface area contributed by atoms with Gasteiger partial charge in [-0.1, -0.05) is 28.1 Å². The van der Waals surface area contributed by atoms with Crippen LogP contribution in [0, 0.1) is 0 Å². The van der Waals surface area contributed by atoms with Gasteiger partial charge in [0.2, 0.25) is 0 Å². The molecule has 0 aromatic heterocycles. The molecule has 0 aliphatic rings. The lowest BCUT2D eigenvalue weighted by Crippen LogP contribution is -2.10. The fourth-order valence-corrected chi connectivity index (χ4v) is 2.86. The zero-order chi connectivity index (χ0) is 13.4. The minimum absolute atomic E-state index is 0.215. The van der Waals surface area contributed by atoms with Crippen molar-refractivity contribution in [1.82, 2.24) is 0 Å². The Bertz CT molecular complexity index is 679. The Morgan fingerprint density at radius 1 is 0.889 bits per heavy atom. The first-order valence-electron chi connectivity index (χ1n) is 4.80. The van der Waals surface area contributed by atoms with Crippen LogP contribution in [0.4, 0.5) is 0 Å². The van der Waals surface area contributed by atoms with Crippen molar-refractivity contribution in [1.29, 1.82) is 0 Å². The Morgan fingerprint density at radius 3 is 2.06 bits per heavy atom. The molecule has 92 valence electrons. The maximum atomic E-state index is 11.3. The van der Waals surface area contributed by atoms with Crippen molar-refractivity contribution in [2.75, 3.05) is 0 Å². The SMILES string of the molecule is O=C(O)c1c(Br)cc2c(Br)cccc2c1C(=O)O. The van der Waals surface area contributed by atoms with Crippen LogP contribution in [0.5, 0.6) is 0 Å². The van der Waals surface area contributed by atoms with Crippen molar-refractivity contribution >= 4 is 54.6 Å². The number of carbonyl (C=O) groups is 2. The summed E-state index contributed by atoms with van der Waals surface area (Å²) in [6.07, 6.45) is 0. The Balaban J connectivity index is 3.04. The van der Waals surface area contributed by atoms with Crippen molar-refractivity contribution in [3.8, 4) is 0 Å². The average Bonchev–Trinajstić information content (AvgIpc) is 2.28. The lowest BCUT2D eigenvalue weighted by molar-refractivity contribution is 0.0652. The molecule has 0 saturated heterocycles. The van der Waals surface area contributed by atoms with Crippen LogP contribution in [0.1, 0.15) is 20.7 Å². The van der Waals surface area contributed by atoms with Gasteiger partial charge in [0.25, 0.3) is 0 Å². The van der Waals surface area contributed by atoms with E-state index in [4.69, 9.17) is 5.11 Å². The molecule has 6 heteroatoms. The van der Waals surface area contributed by atoms with Gasteiger partial charge in [0.05, 0.1) is 11.1 Å². The lowest BCUT2D eigenvalue weighted by atomic mass is 9.99. The summed E-state index contributed by atoms with van der Waals surface area (Å²) in [5.74, 6) is -2.54. The van der Waals surface area contributed by atoms with E-state index in [2.05, 4.69) is 31.9 Å². The molecule has 2 N–H and O–H groups in total. The molecule has 0 unspecified atom stereocenters. The quantitative estimate of drug-likeness (QED) is 0.840. The normalized spacial score (nSPS) is 10.6. The van der Waals surface area contributed by atoms with E-state index in [1.165, 1.54) is 0 Å². The zero-order valence-electron chi connectivity index (χ0n) is 8.78. The molecular formula is C12H6Br2O4. The first-order chi connectivity index (χ1) is 8.43. The van der Waals surface area contributed by atoms with E-state index in [1.807, 2.05) is 0 Å². The third-order valence-electron chi connectivity index (χ3n) is 2.51. The van der Waals surface area contributed by atoms with Crippen LogP contribution in [-0.4, -0.2) is 22.2 Å². The van der Waals surface area contributed by atoms with Gasteiger partial charge < -0.3 is 10.2 Å². The number of carboxylic acids is 2. The van der Waals surface area contributed by atoms with Gasteiger partial charge >= 0.3 is 11.9 Å². The van der Waals surface area contributed by atoms with E-state index in [9.17, 15) is 14.7 Å². The second-order valence-electron chi connectivity index (χ2n) is 3.55.